The summed E-state index contributed by atoms with van der Waals surface area (Å²) < 4.78 is 10.7. The van der Waals surface area contributed by atoms with Crippen LogP contribution in [-0.2, 0) is 18.3 Å². The number of phenols is 1. The number of benzene rings is 1. The number of rotatable bonds is 5. The summed E-state index contributed by atoms with van der Waals surface area (Å²) in [5.74, 6) is 0.500. The van der Waals surface area contributed by atoms with E-state index in [-0.39, 0.29) is 17.5 Å². The molecule has 0 amide bonds. The van der Waals surface area contributed by atoms with Crippen LogP contribution in [0, 0.1) is 0 Å². The maximum Gasteiger partial charge on any atom is 0.357 e. The van der Waals surface area contributed by atoms with Gasteiger partial charge in [0.2, 0.25) is 0 Å². The molecule has 5 rings (SSSR count). The fraction of sp³-hybridized carbons (Fsp3) is 0.385. The van der Waals surface area contributed by atoms with E-state index in [4.69, 9.17) is 4.74 Å². The highest BCUT2D eigenvalue weighted by Crippen LogP contribution is 2.27. The van der Waals surface area contributed by atoms with Crippen LogP contribution in [0.3, 0.4) is 0 Å². The normalized spacial score (nSPS) is 16.6. The van der Waals surface area contributed by atoms with Crippen LogP contribution in [-0.4, -0.2) is 58.3 Å². The highest BCUT2D eigenvalue weighted by Gasteiger charge is 2.30. The van der Waals surface area contributed by atoms with E-state index in [9.17, 15) is 14.7 Å². The van der Waals surface area contributed by atoms with Crippen molar-refractivity contribution in [2.45, 2.75) is 45.4 Å². The molecule has 0 radical (unpaired) electrons. The molecule has 1 aromatic carbocycles. The van der Waals surface area contributed by atoms with Crippen LogP contribution in [0.1, 0.15) is 49.5 Å². The van der Waals surface area contributed by atoms with Gasteiger partial charge in [-0.05, 0) is 63.6 Å². The Balaban J connectivity index is 1.39. The van der Waals surface area contributed by atoms with Crippen LogP contribution < -0.4 is 5.69 Å². The molecule has 3 aromatic heterocycles. The predicted octanol–water partition coefficient (Wildman–Crippen LogP) is 3.03. The van der Waals surface area contributed by atoms with E-state index in [1.807, 2.05) is 40.0 Å². The number of esters is 1. The minimum Gasteiger partial charge on any atom is -0.508 e. The van der Waals surface area contributed by atoms with Crippen molar-refractivity contribution in [3.8, 4) is 11.4 Å². The summed E-state index contributed by atoms with van der Waals surface area (Å²) in [6.07, 6.45) is 4.03. The zero-order valence-electron chi connectivity index (χ0n) is 20.9. The smallest absolute Gasteiger partial charge is 0.357 e. The number of hydrogen-bond acceptors (Lipinski definition) is 7. The second-order valence-corrected chi connectivity index (χ2v) is 10.1. The Morgan fingerprint density at radius 2 is 1.92 bits per heavy atom. The maximum absolute atomic E-state index is 13.6. The lowest BCUT2D eigenvalue weighted by atomic mass is 10.2. The average Bonchev–Trinajstić information content (AvgIpc) is 3.49. The Labute approximate surface area is 208 Å². The van der Waals surface area contributed by atoms with E-state index >= 15 is 0 Å². The molecule has 10 heteroatoms. The summed E-state index contributed by atoms with van der Waals surface area (Å²) in [5, 5.41) is 9.67. The lowest BCUT2D eigenvalue weighted by Gasteiger charge is -2.20. The van der Waals surface area contributed by atoms with Crippen LogP contribution in [0.2, 0.25) is 0 Å². The Bertz CT molecular complexity index is 1480. The number of carbonyl (C=O) groups excluding carboxylic acids is 1. The van der Waals surface area contributed by atoms with Crippen LogP contribution >= 0.6 is 0 Å². The van der Waals surface area contributed by atoms with E-state index in [1.54, 1.807) is 50.4 Å². The van der Waals surface area contributed by atoms with Crippen molar-refractivity contribution in [3.63, 3.8) is 0 Å². The molecule has 1 N–H and O–H groups in total. The number of ether oxygens (including phenoxy) is 1. The fourth-order valence-corrected chi connectivity index (χ4v) is 4.71. The van der Waals surface area contributed by atoms with Crippen molar-refractivity contribution in [3.05, 3.63) is 70.8 Å². The van der Waals surface area contributed by atoms with Gasteiger partial charge in [-0.2, -0.15) is 0 Å². The molecule has 0 bridgehead atoms. The number of imidazole rings is 2. The second-order valence-electron chi connectivity index (χ2n) is 10.1. The standard InChI is InChI=1S/C26H30N6O4/c1-26(2,3)36-24(34)21-14-28-22(29(21)4)16-30-13-11-18(15-30)32-23-20(6-5-12-27-23)31(25(32)35)17-7-9-19(33)10-8-17/h5-10,12,14,18,33H,11,13,15-16H2,1-4H3. The molecular formula is C26H30N6O4. The summed E-state index contributed by atoms with van der Waals surface area (Å²) in [6.45, 7) is 7.49. The molecule has 36 heavy (non-hydrogen) atoms. The van der Waals surface area contributed by atoms with Crippen LogP contribution in [0.4, 0.5) is 0 Å². The molecule has 4 aromatic rings. The van der Waals surface area contributed by atoms with Crippen LogP contribution in [0.15, 0.2) is 53.6 Å². The summed E-state index contributed by atoms with van der Waals surface area (Å²) in [5.41, 5.74) is 1.69. The predicted molar refractivity (Wildman–Crippen MR) is 134 cm³/mol. The number of aromatic hydroxyl groups is 1. The molecule has 4 heterocycles. The quantitative estimate of drug-likeness (QED) is 0.429. The van der Waals surface area contributed by atoms with Gasteiger partial charge in [0, 0.05) is 26.3 Å². The monoisotopic (exact) mass is 490 g/mol. The Morgan fingerprint density at radius 3 is 2.64 bits per heavy atom. The molecule has 1 aliphatic rings. The first-order valence-corrected chi connectivity index (χ1v) is 12.0. The molecule has 10 nitrogen and oxygen atoms in total. The minimum atomic E-state index is -0.579. The number of pyridine rings is 1. The van der Waals surface area contributed by atoms with Crippen molar-refractivity contribution in [2.24, 2.45) is 7.05 Å². The van der Waals surface area contributed by atoms with Gasteiger partial charge < -0.3 is 14.4 Å². The van der Waals surface area contributed by atoms with E-state index in [2.05, 4.69) is 14.9 Å². The lowest BCUT2D eigenvalue weighted by Crippen LogP contribution is -2.29. The molecule has 1 aliphatic heterocycles. The topological polar surface area (TPSA) is 107 Å². The van der Waals surface area contributed by atoms with E-state index in [0.717, 1.165) is 24.3 Å². The molecule has 1 unspecified atom stereocenters. The molecule has 0 spiro atoms. The number of fused-ring (bicyclic) bond motifs is 1. The van der Waals surface area contributed by atoms with Crippen molar-refractivity contribution >= 4 is 17.1 Å². The van der Waals surface area contributed by atoms with Gasteiger partial charge >= 0.3 is 11.7 Å². The van der Waals surface area contributed by atoms with Gasteiger partial charge in [0.1, 0.15) is 22.9 Å². The van der Waals surface area contributed by atoms with Crippen molar-refractivity contribution in [1.82, 2.24) is 28.6 Å². The zero-order valence-corrected chi connectivity index (χ0v) is 20.9. The van der Waals surface area contributed by atoms with Gasteiger partial charge in [-0.15, -0.1) is 0 Å². The number of carbonyl (C=O) groups is 1. The highest BCUT2D eigenvalue weighted by atomic mass is 16.6. The summed E-state index contributed by atoms with van der Waals surface area (Å²) in [4.78, 5) is 37.3. The second kappa shape index (κ2) is 8.94. The van der Waals surface area contributed by atoms with Gasteiger partial charge in [0.05, 0.1) is 30.0 Å². The van der Waals surface area contributed by atoms with Crippen molar-refractivity contribution in [2.75, 3.05) is 13.1 Å². The Morgan fingerprint density at radius 1 is 1.17 bits per heavy atom. The molecule has 188 valence electrons. The summed E-state index contributed by atoms with van der Waals surface area (Å²) in [7, 11) is 1.81. The van der Waals surface area contributed by atoms with E-state index in [0.29, 0.717) is 30.1 Å². The molecule has 1 fully saturated rings. The first-order valence-electron chi connectivity index (χ1n) is 12.0. The molecule has 1 atom stereocenters. The molecular weight excluding hydrogens is 460 g/mol. The largest absolute Gasteiger partial charge is 0.508 e. The number of hydrogen-bond donors (Lipinski definition) is 1. The fourth-order valence-electron chi connectivity index (χ4n) is 4.71. The number of likely N-dealkylation sites (tertiary alicyclic amines) is 1. The molecule has 1 saturated heterocycles. The van der Waals surface area contributed by atoms with E-state index in [1.165, 1.54) is 0 Å². The van der Waals surface area contributed by atoms with Crippen LogP contribution in [0.5, 0.6) is 5.75 Å². The van der Waals surface area contributed by atoms with Gasteiger partial charge in [0.15, 0.2) is 5.65 Å². The van der Waals surface area contributed by atoms with Crippen LogP contribution in [0.25, 0.3) is 16.9 Å². The molecule has 0 saturated carbocycles. The Kier molecular flexibility index (Phi) is 5.91. The average molecular weight is 491 g/mol. The lowest BCUT2D eigenvalue weighted by molar-refractivity contribution is 0.00584. The first kappa shape index (κ1) is 23.8. The SMILES string of the molecule is Cn1c(C(=O)OC(C)(C)C)cnc1CN1CCC(n2c(=O)n(-c3ccc(O)cc3)c3cccnc32)C1. The van der Waals surface area contributed by atoms with Gasteiger partial charge in [-0.3, -0.25) is 14.0 Å². The van der Waals surface area contributed by atoms with Gasteiger partial charge in [-0.25, -0.2) is 19.6 Å². The van der Waals surface area contributed by atoms with Gasteiger partial charge in [0.25, 0.3) is 0 Å². The number of aromatic nitrogens is 5. The maximum atomic E-state index is 13.6. The van der Waals surface area contributed by atoms with Crippen molar-refractivity contribution < 1.29 is 14.6 Å². The third-order valence-electron chi connectivity index (χ3n) is 6.41. The van der Waals surface area contributed by atoms with Crippen molar-refractivity contribution in [1.29, 1.82) is 0 Å². The van der Waals surface area contributed by atoms with Gasteiger partial charge in [-0.1, -0.05) is 0 Å². The van der Waals surface area contributed by atoms with E-state index < -0.39 is 11.6 Å². The molecule has 0 aliphatic carbocycles. The number of nitrogens with zero attached hydrogens (tertiary/aromatic N) is 6. The highest BCUT2D eigenvalue weighted by molar-refractivity contribution is 5.87. The number of phenolic OH excluding ortho intramolecular Hbond substituents is 1. The third kappa shape index (κ3) is 4.39. The third-order valence-corrected chi connectivity index (χ3v) is 6.41. The summed E-state index contributed by atoms with van der Waals surface area (Å²) in [6, 6.07) is 10.2. The minimum absolute atomic E-state index is 0.0566. The zero-order chi connectivity index (χ0) is 25.6. The Hall–Kier alpha value is -3.92. The summed E-state index contributed by atoms with van der Waals surface area (Å²) >= 11 is 0. The first-order chi connectivity index (χ1) is 17.1.